The second-order valence-electron chi connectivity index (χ2n) is 4.02. The van der Waals surface area contributed by atoms with Crippen molar-refractivity contribution in [3.05, 3.63) is 0 Å². The average molecular weight is 161 g/mol. The zero-order chi connectivity index (χ0) is 8.06. The van der Waals surface area contributed by atoms with Crippen LogP contribution in [0, 0.1) is 11.8 Å². The first-order valence-corrected chi connectivity index (χ1v) is 4.20. The number of alkyl halides is 2. The standard InChI is InChI=1S/C8H13F2N/c9-8(10)3-5-1-7(11)2-6(5)4-8/h5-7H,1-4,11H2/t5-,6+,7?. The van der Waals surface area contributed by atoms with Gasteiger partial charge in [0.05, 0.1) is 0 Å². The van der Waals surface area contributed by atoms with Gasteiger partial charge in [0.25, 0.3) is 0 Å². The van der Waals surface area contributed by atoms with Crippen LogP contribution in [0.15, 0.2) is 0 Å². The fraction of sp³-hybridized carbons (Fsp3) is 1.00. The van der Waals surface area contributed by atoms with Crippen LogP contribution in [0.25, 0.3) is 0 Å². The average Bonchev–Trinajstić information content (AvgIpc) is 2.17. The molecule has 0 spiro atoms. The quantitative estimate of drug-likeness (QED) is 0.575. The molecule has 2 fully saturated rings. The molecule has 0 heterocycles. The summed E-state index contributed by atoms with van der Waals surface area (Å²) in [5, 5.41) is 0. The highest BCUT2D eigenvalue weighted by Crippen LogP contribution is 2.50. The lowest BCUT2D eigenvalue weighted by Crippen LogP contribution is -2.19. The fourth-order valence-electron chi connectivity index (χ4n) is 2.61. The predicted molar refractivity (Wildman–Crippen MR) is 38.4 cm³/mol. The van der Waals surface area contributed by atoms with Gasteiger partial charge in [0.2, 0.25) is 5.92 Å². The lowest BCUT2D eigenvalue weighted by Gasteiger charge is -2.10. The molecule has 64 valence electrons. The summed E-state index contributed by atoms with van der Waals surface area (Å²) < 4.78 is 25.5. The van der Waals surface area contributed by atoms with Crippen LogP contribution in [0.5, 0.6) is 0 Å². The van der Waals surface area contributed by atoms with Crippen molar-refractivity contribution in [2.24, 2.45) is 17.6 Å². The van der Waals surface area contributed by atoms with Gasteiger partial charge < -0.3 is 5.73 Å². The minimum Gasteiger partial charge on any atom is -0.328 e. The molecule has 2 N–H and O–H groups in total. The third-order valence-electron chi connectivity index (χ3n) is 3.00. The van der Waals surface area contributed by atoms with Crippen LogP contribution in [-0.4, -0.2) is 12.0 Å². The SMILES string of the molecule is NC1C[C@@H]2CC(F)(F)C[C@@H]2C1. The van der Waals surface area contributed by atoms with Gasteiger partial charge in [-0.15, -0.1) is 0 Å². The fourth-order valence-corrected chi connectivity index (χ4v) is 2.61. The molecule has 0 amide bonds. The minimum atomic E-state index is -2.38. The summed E-state index contributed by atoms with van der Waals surface area (Å²) in [4.78, 5) is 0. The van der Waals surface area contributed by atoms with E-state index in [1.54, 1.807) is 0 Å². The second kappa shape index (κ2) is 2.16. The van der Waals surface area contributed by atoms with E-state index in [1.807, 2.05) is 0 Å². The number of hydrogen-bond acceptors (Lipinski definition) is 1. The van der Waals surface area contributed by atoms with Crippen molar-refractivity contribution < 1.29 is 8.78 Å². The summed E-state index contributed by atoms with van der Waals surface area (Å²) in [6.07, 6.45) is 1.82. The van der Waals surface area contributed by atoms with Gasteiger partial charge in [-0.05, 0) is 24.7 Å². The van der Waals surface area contributed by atoms with Crippen molar-refractivity contribution in [3.63, 3.8) is 0 Å². The summed E-state index contributed by atoms with van der Waals surface area (Å²) >= 11 is 0. The van der Waals surface area contributed by atoms with Crippen molar-refractivity contribution in [1.29, 1.82) is 0 Å². The Morgan fingerprint density at radius 1 is 1.09 bits per heavy atom. The molecule has 2 rings (SSSR count). The third-order valence-corrected chi connectivity index (χ3v) is 3.00. The Balaban J connectivity index is 2.04. The number of fused-ring (bicyclic) bond motifs is 1. The van der Waals surface area contributed by atoms with Crippen LogP contribution < -0.4 is 5.73 Å². The van der Waals surface area contributed by atoms with Crippen LogP contribution in [0.4, 0.5) is 8.78 Å². The lowest BCUT2D eigenvalue weighted by atomic mass is 10.0. The van der Waals surface area contributed by atoms with E-state index in [0.717, 1.165) is 12.8 Å². The molecule has 11 heavy (non-hydrogen) atoms. The number of rotatable bonds is 0. The first-order valence-electron chi connectivity index (χ1n) is 4.20. The highest BCUT2D eigenvalue weighted by Gasteiger charge is 2.49. The highest BCUT2D eigenvalue weighted by molar-refractivity contribution is 4.96. The molecule has 0 aromatic carbocycles. The van der Waals surface area contributed by atoms with Crippen LogP contribution in [0.1, 0.15) is 25.7 Å². The minimum absolute atomic E-state index is 0.0887. The molecule has 1 nitrogen and oxygen atoms in total. The van der Waals surface area contributed by atoms with E-state index in [2.05, 4.69) is 0 Å². The monoisotopic (exact) mass is 161 g/mol. The largest absolute Gasteiger partial charge is 0.328 e. The van der Waals surface area contributed by atoms with Gasteiger partial charge in [0.1, 0.15) is 0 Å². The molecule has 1 unspecified atom stereocenters. The molecule has 0 aliphatic heterocycles. The maximum absolute atomic E-state index is 12.8. The molecule has 3 atom stereocenters. The summed E-state index contributed by atoms with van der Waals surface area (Å²) in [5.41, 5.74) is 5.67. The molecule has 3 heteroatoms. The van der Waals surface area contributed by atoms with Crippen molar-refractivity contribution >= 4 is 0 Å². The van der Waals surface area contributed by atoms with Gasteiger partial charge in [0.15, 0.2) is 0 Å². The summed E-state index contributed by atoms with van der Waals surface area (Å²) in [5.74, 6) is -1.94. The van der Waals surface area contributed by atoms with Crippen LogP contribution in [0.3, 0.4) is 0 Å². The lowest BCUT2D eigenvalue weighted by molar-refractivity contribution is 0.0000251. The van der Waals surface area contributed by atoms with Gasteiger partial charge in [-0.3, -0.25) is 0 Å². The Kier molecular flexibility index (Phi) is 1.46. The molecule has 2 saturated carbocycles. The Bertz CT molecular complexity index is 153. The van der Waals surface area contributed by atoms with Crippen molar-refractivity contribution in [1.82, 2.24) is 0 Å². The van der Waals surface area contributed by atoms with Gasteiger partial charge in [-0.1, -0.05) is 0 Å². The molecular weight excluding hydrogens is 148 g/mol. The van der Waals surface area contributed by atoms with E-state index in [1.165, 1.54) is 0 Å². The molecule has 0 aromatic rings. The highest BCUT2D eigenvalue weighted by atomic mass is 19.3. The van der Waals surface area contributed by atoms with Crippen LogP contribution in [-0.2, 0) is 0 Å². The maximum atomic E-state index is 12.8. The summed E-state index contributed by atoms with van der Waals surface area (Å²) in [6, 6.07) is 0.195. The molecular formula is C8H13F2N. The summed E-state index contributed by atoms with van der Waals surface area (Å²) in [7, 11) is 0. The van der Waals surface area contributed by atoms with E-state index in [9.17, 15) is 8.78 Å². The third kappa shape index (κ3) is 1.26. The van der Waals surface area contributed by atoms with Crippen LogP contribution in [0.2, 0.25) is 0 Å². The Labute approximate surface area is 65.0 Å². The molecule has 0 bridgehead atoms. The molecule has 0 radical (unpaired) electrons. The van der Waals surface area contributed by atoms with Crippen molar-refractivity contribution in [2.75, 3.05) is 0 Å². The molecule has 2 aliphatic carbocycles. The number of nitrogens with two attached hydrogens (primary N) is 1. The zero-order valence-corrected chi connectivity index (χ0v) is 6.39. The molecule has 2 aliphatic rings. The topological polar surface area (TPSA) is 26.0 Å². The van der Waals surface area contributed by atoms with Crippen molar-refractivity contribution in [2.45, 2.75) is 37.6 Å². The van der Waals surface area contributed by atoms with Gasteiger partial charge in [-0.2, -0.15) is 0 Å². The maximum Gasteiger partial charge on any atom is 0.248 e. The Morgan fingerprint density at radius 3 is 2.00 bits per heavy atom. The number of halogens is 2. The van der Waals surface area contributed by atoms with E-state index in [-0.39, 0.29) is 30.7 Å². The molecule has 0 aromatic heterocycles. The zero-order valence-electron chi connectivity index (χ0n) is 6.39. The smallest absolute Gasteiger partial charge is 0.248 e. The number of hydrogen-bond donors (Lipinski definition) is 1. The van der Waals surface area contributed by atoms with Gasteiger partial charge >= 0.3 is 0 Å². The molecule has 0 saturated heterocycles. The normalized spacial score (nSPS) is 47.7. The first-order chi connectivity index (χ1) is 5.07. The van der Waals surface area contributed by atoms with Gasteiger partial charge in [-0.25, -0.2) is 8.78 Å². The first kappa shape index (κ1) is 7.47. The van der Waals surface area contributed by atoms with Crippen molar-refractivity contribution in [3.8, 4) is 0 Å². The summed E-state index contributed by atoms with van der Waals surface area (Å²) in [6.45, 7) is 0. The second-order valence-corrected chi connectivity index (χ2v) is 4.02. The van der Waals surface area contributed by atoms with Crippen LogP contribution >= 0.6 is 0 Å². The predicted octanol–water partition coefficient (Wildman–Crippen LogP) is 1.77. The Morgan fingerprint density at radius 2 is 1.55 bits per heavy atom. The Hall–Kier alpha value is -0.180. The van der Waals surface area contributed by atoms with Gasteiger partial charge in [0, 0.05) is 18.9 Å². The van der Waals surface area contributed by atoms with E-state index in [0.29, 0.717) is 0 Å². The van der Waals surface area contributed by atoms with E-state index >= 15 is 0 Å². The van der Waals surface area contributed by atoms with E-state index < -0.39 is 5.92 Å². The van der Waals surface area contributed by atoms with E-state index in [4.69, 9.17) is 5.73 Å².